The Balaban J connectivity index is 2.58. The average Bonchev–Trinajstić information content (AvgIpc) is 2.34. The summed E-state index contributed by atoms with van der Waals surface area (Å²) < 4.78 is 0. The van der Waals surface area contributed by atoms with Crippen LogP contribution in [0.3, 0.4) is 0 Å². The zero-order chi connectivity index (χ0) is 9.14. The third-order valence-electron chi connectivity index (χ3n) is 2.12. The number of nitrogens with zero attached hydrogens (tertiary/aromatic N) is 1. The van der Waals surface area contributed by atoms with E-state index in [4.69, 9.17) is 0 Å². The van der Waals surface area contributed by atoms with Crippen molar-refractivity contribution in [1.82, 2.24) is 4.90 Å². The summed E-state index contributed by atoms with van der Waals surface area (Å²) in [7, 11) is 0. The van der Waals surface area contributed by atoms with Crippen LogP contribution in [0.4, 0.5) is 0 Å². The summed E-state index contributed by atoms with van der Waals surface area (Å²) in [5.41, 5.74) is 0. The van der Waals surface area contributed by atoms with Gasteiger partial charge in [0, 0.05) is 19.0 Å². The largest absolute Gasteiger partial charge is 0.333 e. The van der Waals surface area contributed by atoms with Crippen molar-refractivity contribution in [3.05, 3.63) is 12.7 Å². The minimum Gasteiger partial charge on any atom is -0.333 e. The van der Waals surface area contributed by atoms with Gasteiger partial charge in [0.1, 0.15) is 0 Å². The first-order valence-corrected chi connectivity index (χ1v) is 4.11. The number of carbonyl (C=O) groups is 2. The van der Waals surface area contributed by atoms with E-state index in [1.165, 1.54) is 0 Å². The van der Waals surface area contributed by atoms with Gasteiger partial charge in [-0.2, -0.15) is 0 Å². The number of carbonyl (C=O) groups excluding carboxylic acids is 2. The molecule has 1 unspecified atom stereocenters. The van der Waals surface area contributed by atoms with Gasteiger partial charge >= 0.3 is 0 Å². The molecule has 0 spiro atoms. The van der Waals surface area contributed by atoms with Crippen molar-refractivity contribution < 1.29 is 9.59 Å². The number of Topliss-reactive ketones (excluding diaryl/α,β-unsaturated/α-hetero) is 1. The fourth-order valence-electron chi connectivity index (χ4n) is 1.38. The molecule has 1 fully saturated rings. The van der Waals surface area contributed by atoms with Gasteiger partial charge in [-0.15, -0.1) is 6.58 Å². The maximum absolute atomic E-state index is 11.2. The maximum Gasteiger partial charge on any atom is 0.290 e. The van der Waals surface area contributed by atoms with Crippen molar-refractivity contribution in [3.8, 4) is 0 Å². The number of hydrogen-bond donors (Lipinski definition) is 0. The Morgan fingerprint density at radius 1 is 1.67 bits per heavy atom. The van der Waals surface area contributed by atoms with Gasteiger partial charge in [0.05, 0.1) is 0 Å². The van der Waals surface area contributed by atoms with Gasteiger partial charge in [-0.25, -0.2) is 0 Å². The lowest BCUT2D eigenvalue weighted by Gasteiger charge is -2.21. The van der Waals surface area contributed by atoms with E-state index < -0.39 is 0 Å². The molecule has 1 amide bonds. The second-order valence-electron chi connectivity index (χ2n) is 3.05. The van der Waals surface area contributed by atoms with Gasteiger partial charge in [-0.1, -0.05) is 6.08 Å². The van der Waals surface area contributed by atoms with Crippen LogP contribution in [0.15, 0.2) is 12.7 Å². The van der Waals surface area contributed by atoms with Crippen molar-refractivity contribution in [1.29, 1.82) is 0 Å². The summed E-state index contributed by atoms with van der Waals surface area (Å²) in [6.07, 6.45) is 2.89. The molecule has 1 aliphatic heterocycles. The molecule has 3 nitrogen and oxygen atoms in total. The zero-order valence-corrected chi connectivity index (χ0v) is 7.25. The van der Waals surface area contributed by atoms with Crippen molar-refractivity contribution >= 4 is 11.7 Å². The molecule has 0 aromatic rings. The molecule has 1 saturated heterocycles. The minimum atomic E-state index is -0.329. The van der Waals surface area contributed by atoms with Crippen LogP contribution in [0.2, 0.25) is 0 Å². The van der Waals surface area contributed by atoms with Crippen molar-refractivity contribution in [2.75, 3.05) is 6.54 Å². The Hall–Kier alpha value is -1.12. The third kappa shape index (κ3) is 1.55. The number of likely N-dealkylation sites (tertiary alicyclic amines) is 1. The Labute approximate surface area is 72.0 Å². The highest BCUT2D eigenvalue weighted by Crippen LogP contribution is 2.12. The van der Waals surface area contributed by atoms with E-state index >= 15 is 0 Å². The molecule has 0 aromatic heterocycles. The van der Waals surface area contributed by atoms with E-state index in [2.05, 4.69) is 6.58 Å². The molecule has 0 aliphatic carbocycles. The number of rotatable bonds is 3. The van der Waals surface area contributed by atoms with Crippen LogP contribution in [-0.2, 0) is 9.59 Å². The van der Waals surface area contributed by atoms with E-state index in [0.717, 1.165) is 6.42 Å². The normalized spacial score (nSPS) is 19.9. The predicted octanol–water partition coefficient (Wildman–Crippen LogP) is 0.752. The summed E-state index contributed by atoms with van der Waals surface area (Å²) in [5, 5.41) is 0. The van der Waals surface area contributed by atoms with Gasteiger partial charge in [0.2, 0.25) is 5.78 Å². The van der Waals surface area contributed by atoms with Crippen molar-refractivity contribution in [2.24, 2.45) is 0 Å². The quantitative estimate of drug-likeness (QED) is 0.459. The highest BCUT2D eigenvalue weighted by atomic mass is 16.2. The fraction of sp³-hybridized carbons (Fsp3) is 0.556. The average molecular weight is 167 g/mol. The summed E-state index contributed by atoms with van der Waals surface area (Å²) >= 11 is 0. The molecule has 3 heteroatoms. The fourth-order valence-corrected chi connectivity index (χ4v) is 1.38. The highest BCUT2D eigenvalue weighted by Gasteiger charge is 2.31. The van der Waals surface area contributed by atoms with Gasteiger partial charge < -0.3 is 4.90 Å². The first-order valence-electron chi connectivity index (χ1n) is 4.11. The molecule has 0 saturated carbocycles. The maximum atomic E-state index is 11.2. The number of ketones is 1. The molecule has 66 valence electrons. The van der Waals surface area contributed by atoms with Gasteiger partial charge in [-0.3, -0.25) is 9.59 Å². The van der Waals surface area contributed by atoms with Crippen LogP contribution in [0.5, 0.6) is 0 Å². The first kappa shape index (κ1) is 8.97. The molecule has 1 atom stereocenters. The van der Waals surface area contributed by atoms with E-state index in [1.807, 2.05) is 6.92 Å². The molecule has 0 aromatic carbocycles. The minimum absolute atomic E-state index is 0.112. The number of amides is 1. The lowest BCUT2D eigenvalue weighted by atomic mass is 10.2. The lowest BCUT2D eigenvalue weighted by molar-refractivity contribution is -0.140. The lowest BCUT2D eigenvalue weighted by Crippen LogP contribution is -2.35. The van der Waals surface area contributed by atoms with Crippen LogP contribution < -0.4 is 0 Å². The summed E-state index contributed by atoms with van der Waals surface area (Å²) in [4.78, 5) is 23.7. The predicted molar refractivity (Wildman–Crippen MR) is 45.6 cm³/mol. The van der Waals surface area contributed by atoms with Gasteiger partial charge in [-0.05, 0) is 13.3 Å². The monoisotopic (exact) mass is 167 g/mol. The molecular formula is C9H13NO2. The SMILES string of the molecule is C=CCC(C)N1CCC(=O)C1=O. The van der Waals surface area contributed by atoms with E-state index in [-0.39, 0.29) is 17.7 Å². The molecule has 12 heavy (non-hydrogen) atoms. The first-order chi connectivity index (χ1) is 5.66. The van der Waals surface area contributed by atoms with Crippen LogP contribution in [0.1, 0.15) is 19.8 Å². The summed E-state index contributed by atoms with van der Waals surface area (Å²) in [6.45, 7) is 6.10. The third-order valence-corrected chi connectivity index (χ3v) is 2.12. The molecule has 0 radical (unpaired) electrons. The van der Waals surface area contributed by atoms with Crippen LogP contribution in [0, 0.1) is 0 Å². The second-order valence-corrected chi connectivity index (χ2v) is 3.05. The Kier molecular flexibility index (Phi) is 2.63. The molecule has 1 aliphatic rings. The van der Waals surface area contributed by atoms with Crippen molar-refractivity contribution in [2.45, 2.75) is 25.8 Å². The Bertz CT molecular complexity index is 223. The Morgan fingerprint density at radius 2 is 2.33 bits per heavy atom. The number of hydrogen-bond acceptors (Lipinski definition) is 2. The zero-order valence-electron chi connectivity index (χ0n) is 7.25. The molecule has 0 bridgehead atoms. The summed E-state index contributed by atoms with van der Waals surface area (Å²) in [5.74, 6) is -0.588. The second kappa shape index (κ2) is 3.52. The standard InChI is InChI=1S/C9H13NO2/c1-3-4-7(2)10-6-5-8(11)9(10)12/h3,7H,1,4-6H2,2H3. The van der Waals surface area contributed by atoms with Crippen LogP contribution >= 0.6 is 0 Å². The van der Waals surface area contributed by atoms with E-state index in [0.29, 0.717) is 13.0 Å². The van der Waals surface area contributed by atoms with E-state index in [9.17, 15) is 9.59 Å². The molecule has 0 N–H and O–H groups in total. The summed E-state index contributed by atoms with van der Waals surface area (Å²) in [6, 6.07) is 0.112. The highest BCUT2D eigenvalue weighted by molar-refractivity contribution is 6.37. The van der Waals surface area contributed by atoms with Crippen LogP contribution in [0.25, 0.3) is 0 Å². The molecule has 1 rings (SSSR count). The molecule has 1 heterocycles. The molecular weight excluding hydrogens is 154 g/mol. The van der Waals surface area contributed by atoms with Gasteiger partial charge in [0.15, 0.2) is 0 Å². The smallest absolute Gasteiger partial charge is 0.290 e. The topological polar surface area (TPSA) is 37.4 Å². The van der Waals surface area contributed by atoms with Crippen molar-refractivity contribution in [3.63, 3.8) is 0 Å². The van der Waals surface area contributed by atoms with E-state index in [1.54, 1.807) is 11.0 Å². The van der Waals surface area contributed by atoms with Crippen LogP contribution in [-0.4, -0.2) is 29.2 Å². The van der Waals surface area contributed by atoms with Gasteiger partial charge in [0.25, 0.3) is 5.91 Å². The Morgan fingerprint density at radius 3 is 2.75 bits per heavy atom.